The zero-order valence-corrected chi connectivity index (χ0v) is 12.3. The number of hydrogen-bond donors (Lipinski definition) is 1. The highest BCUT2D eigenvalue weighted by atomic mass is 32.1. The Morgan fingerprint density at radius 2 is 1.85 bits per heavy atom. The van der Waals surface area contributed by atoms with E-state index in [0.717, 1.165) is 23.0 Å². The van der Waals surface area contributed by atoms with Gasteiger partial charge in [-0.05, 0) is 42.9 Å². The zero-order valence-electron chi connectivity index (χ0n) is 11.5. The maximum absolute atomic E-state index is 9.42. The molecule has 2 aromatic rings. The van der Waals surface area contributed by atoms with E-state index >= 15 is 0 Å². The van der Waals surface area contributed by atoms with Crippen molar-refractivity contribution >= 4 is 12.2 Å². The predicted octanol–water partition coefficient (Wildman–Crippen LogP) is 3.76. The van der Waals surface area contributed by atoms with E-state index in [0.29, 0.717) is 6.54 Å². The molecule has 0 amide bonds. The minimum absolute atomic E-state index is 0.160. The van der Waals surface area contributed by atoms with Gasteiger partial charge in [0.05, 0.1) is 6.61 Å². The van der Waals surface area contributed by atoms with Crippen molar-refractivity contribution in [2.24, 2.45) is 0 Å². The van der Waals surface area contributed by atoms with E-state index in [4.69, 9.17) is 12.2 Å². The van der Waals surface area contributed by atoms with E-state index in [-0.39, 0.29) is 6.61 Å². The van der Waals surface area contributed by atoms with Gasteiger partial charge in [-0.3, -0.25) is 0 Å². The molecule has 1 heterocycles. The molecular formula is C17H19NOS. The Morgan fingerprint density at radius 1 is 1.10 bits per heavy atom. The van der Waals surface area contributed by atoms with Crippen LogP contribution in [-0.4, -0.2) is 16.3 Å². The van der Waals surface area contributed by atoms with Crippen LogP contribution in [0.3, 0.4) is 0 Å². The highest BCUT2D eigenvalue weighted by Gasteiger charge is 2.17. The third-order valence-corrected chi connectivity index (χ3v) is 4.38. The van der Waals surface area contributed by atoms with Crippen molar-refractivity contribution in [2.45, 2.75) is 32.2 Å². The molecule has 1 aliphatic carbocycles. The van der Waals surface area contributed by atoms with Gasteiger partial charge in [0.2, 0.25) is 0 Å². The highest BCUT2D eigenvalue weighted by molar-refractivity contribution is 7.71. The van der Waals surface area contributed by atoms with Crippen molar-refractivity contribution in [1.29, 1.82) is 0 Å². The predicted molar refractivity (Wildman–Crippen MR) is 84.4 cm³/mol. The molecule has 1 aromatic heterocycles. The van der Waals surface area contributed by atoms with Gasteiger partial charge < -0.3 is 9.67 Å². The molecule has 0 unspecified atom stereocenters. The molecule has 0 radical (unpaired) electrons. The SMILES string of the molecule is OCCn1c(-c2ccccc2)cc(=S)c2c1CCCC2. The standard InChI is InChI=1S/C17H19NOS/c19-11-10-18-15-9-5-4-8-14(15)17(20)12-16(18)13-6-2-1-3-7-13/h1-3,6-7,12,19H,4-5,8-11H2. The average molecular weight is 285 g/mol. The Balaban J connectivity index is 2.24. The largest absolute Gasteiger partial charge is 0.395 e. The maximum atomic E-state index is 9.42. The zero-order chi connectivity index (χ0) is 13.9. The minimum atomic E-state index is 0.160. The first-order chi connectivity index (χ1) is 9.81. The first kappa shape index (κ1) is 13.5. The van der Waals surface area contributed by atoms with Crippen LogP contribution >= 0.6 is 12.2 Å². The van der Waals surface area contributed by atoms with E-state index in [2.05, 4.69) is 22.8 Å². The van der Waals surface area contributed by atoms with Crippen LogP contribution in [0.5, 0.6) is 0 Å². The summed E-state index contributed by atoms with van der Waals surface area (Å²) in [5, 5.41) is 9.42. The van der Waals surface area contributed by atoms with Crippen LogP contribution in [0.2, 0.25) is 0 Å². The van der Waals surface area contributed by atoms with Crippen LogP contribution in [-0.2, 0) is 19.4 Å². The first-order valence-electron chi connectivity index (χ1n) is 7.23. The number of aliphatic hydroxyl groups excluding tert-OH is 1. The second-order valence-corrected chi connectivity index (χ2v) is 5.71. The topological polar surface area (TPSA) is 25.2 Å². The molecule has 0 atom stereocenters. The van der Waals surface area contributed by atoms with Gasteiger partial charge in [0.1, 0.15) is 0 Å². The van der Waals surface area contributed by atoms with Gasteiger partial charge in [-0.15, -0.1) is 0 Å². The van der Waals surface area contributed by atoms with Gasteiger partial charge >= 0.3 is 0 Å². The molecule has 1 aromatic carbocycles. The Kier molecular flexibility index (Phi) is 3.99. The fraction of sp³-hybridized carbons (Fsp3) is 0.353. The van der Waals surface area contributed by atoms with Crippen LogP contribution in [0.1, 0.15) is 24.1 Å². The number of aliphatic hydroxyl groups is 1. The number of rotatable bonds is 3. The van der Waals surface area contributed by atoms with E-state index in [1.807, 2.05) is 18.2 Å². The third-order valence-electron chi connectivity index (χ3n) is 4.01. The summed E-state index contributed by atoms with van der Waals surface area (Å²) in [6.07, 6.45) is 4.58. The fourth-order valence-corrected chi connectivity index (χ4v) is 3.42. The summed E-state index contributed by atoms with van der Waals surface area (Å²) in [7, 11) is 0. The van der Waals surface area contributed by atoms with Gasteiger partial charge in [-0.1, -0.05) is 42.5 Å². The van der Waals surface area contributed by atoms with Gasteiger partial charge in [-0.2, -0.15) is 0 Å². The summed E-state index contributed by atoms with van der Waals surface area (Å²) in [4.78, 5) is 0. The number of benzene rings is 1. The molecule has 0 spiro atoms. The molecule has 104 valence electrons. The van der Waals surface area contributed by atoms with Crippen molar-refractivity contribution in [3.63, 3.8) is 0 Å². The van der Waals surface area contributed by atoms with Crippen LogP contribution in [0.4, 0.5) is 0 Å². The Hall–Kier alpha value is -1.45. The van der Waals surface area contributed by atoms with Gasteiger partial charge in [0.15, 0.2) is 0 Å². The molecule has 0 saturated heterocycles. The molecule has 0 fully saturated rings. The van der Waals surface area contributed by atoms with E-state index in [9.17, 15) is 5.11 Å². The van der Waals surface area contributed by atoms with Gasteiger partial charge in [0, 0.05) is 22.4 Å². The van der Waals surface area contributed by atoms with Crippen LogP contribution in [0, 0.1) is 4.51 Å². The van der Waals surface area contributed by atoms with Gasteiger partial charge in [0.25, 0.3) is 0 Å². The minimum Gasteiger partial charge on any atom is -0.395 e. The second-order valence-electron chi connectivity index (χ2n) is 5.27. The van der Waals surface area contributed by atoms with Crippen LogP contribution < -0.4 is 0 Å². The van der Waals surface area contributed by atoms with E-state index in [1.165, 1.54) is 29.7 Å². The molecular weight excluding hydrogens is 266 g/mol. The molecule has 3 heteroatoms. The fourth-order valence-electron chi connectivity index (χ4n) is 3.09. The number of nitrogens with zero attached hydrogens (tertiary/aromatic N) is 1. The summed E-state index contributed by atoms with van der Waals surface area (Å²) in [6.45, 7) is 0.801. The molecule has 1 N–H and O–H groups in total. The number of hydrogen-bond acceptors (Lipinski definition) is 2. The quantitative estimate of drug-likeness (QED) is 0.869. The van der Waals surface area contributed by atoms with Crippen LogP contribution in [0.25, 0.3) is 11.3 Å². The number of pyridine rings is 1. The number of fused-ring (bicyclic) bond motifs is 1. The van der Waals surface area contributed by atoms with E-state index < -0.39 is 0 Å². The van der Waals surface area contributed by atoms with Crippen molar-refractivity contribution in [1.82, 2.24) is 4.57 Å². The summed E-state index contributed by atoms with van der Waals surface area (Å²) < 4.78 is 3.24. The maximum Gasteiger partial charge on any atom is 0.0610 e. The lowest BCUT2D eigenvalue weighted by atomic mass is 9.94. The summed E-state index contributed by atoms with van der Waals surface area (Å²) in [5.41, 5.74) is 4.95. The normalized spacial score (nSPS) is 14.1. The summed E-state index contributed by atoms with van der Waals surface area (Å²) >= 11 is 5.59. The Morgan fingerprint density at radius 3 is 2.60 bits per heavy atom. The highest BCUT2D eigenvalue weighted by Crippen LogP contribution is 2.29. The molecule has 3 rings (SSSR count). The monoisotopic (exact) mass is 285 g/mol. The average Bonchev–Trinajstić information content (AvgIpc) is 2.51. The van der Waals surface area contributed by atoms with E-state index in [1.54, 1.807) is 0 Å². The lowest BCUT2D eigenvalue weighted by Gasteiger charge is -2.25. The van der Waals surface area contributed by atoms with Crippen molar-refractivity contribution < 1.29 is 5.11 Å². The molecule has 0 bridgehead atoms. The lowest BCUT2D eigenvalue weighted by Crippen LogP contribution is -2.18. The Bertz CT molecular complexity index is 661. The molecule has 2 nitrogen and oxygen atoms in total. The van der Waals surface area contributed by atoms with Crippen molar-refractivity contribution in [2.75, 3.05) is 6.61 Å². The first-order valence-corrected chi connectivity index (χ1v) is 7.64. The second kappa shape index (κ2) is 5.90. The number of aromatic nitrogens is 1. The summed E-state index contributed by atoms with van der Waals surface area (Å²) in [6, 6.07) is 12.4. The molecule has 20 heavy (non-hydrogen) atoms. The van der Waals surface area contributed by atoms with Crippen molar-refractivity contribution in [3.8, 4) is 11.3 Å². The smallest absolute Gasteiger partial charge is 0.0610 e. The van der Waals surface area contributed by atoms with Crippen LogP contribution in [0.15, 0.2) is 36.4 Å². The molecule has 1 aliphatic rings. The lowest BCUT2D eigenvalue weighted by molar-refractivity contribution is 0.274. The Labute approximate surface area is 124 Å². The molecule has 0 saturated carbocycles. The summed E-state index contributed by atoms with van der Waals surface area (Å²) in [5.74, 6) is 0. The molecule has 0 aliphatic heterocycles. The third kappa shape index (κ3) is 2.43. The van der Waals surface area contributed by atoms with Gasteiger partial charge in [-0.25, -0.2) is 0 Å². The van der Waals surface area contributed by atoms with Crippen molar-refractivity contribution in [3.05, 3.63) is 52.2 Å².